The zero-order valence-electron chi connectivity index (χ0n) is 17.1. The van der Waals surface area contributed by atoms with Crippen LogP contribution in [-0.4, -0.2) is 44.6 Å². The predicted molar refractivity (Wildman–Crippen MR) is 110 cm³/mol. The number of aromatic nitrogens is 3. The van der Waals surface area contributed by atoms with Crippen LogP contribution in [0.4, 0.5) is 8.87 Å². The third-order valence-corrected chi connectivity index (χ3v) is 6.03. The normalized spacial score (nSPS) is 23.3. The predicted octanol–water partition coefficient (Wildman–Crippen LogP) is 3.01. The van der Waals surface area contributed by atoms with Gasteiger partial charge in [0.15, 0.2) is 5.78 Å². The van der Waals surface area contributed by atoms with E-state index in [0.717, 1.165) is 23.4 Å². The summed E-state index contributed by atoms with van der Waals surface area (Å²) in [5.41, 5.74) is 6.10. The first kappa shape index (κ1) is 19.7. The maximum Gasteiger partial charge on any atom is 0.179 e. The molecular weight excluding hydrogens is 402 g/mol. The smallest absolute Gasteiger partial charge is 0.179 e. The van der Waals surface area contributed by atoms with Gasteiger partial charge in [0.1, 0.15) is 30.2 Å². The monoisotopic (exact) mass is 424 g/mol. The summed E-state index contributed by atoms with van der Waals surface area (Å²) in [7, 11) is 0. The fourth-order valence-corrected chi connectivity index (χ4v) is 4.72. The van der Waals surface area contributed by atoms with Crippen molar-refractivity contribution in [3.8, 4) is 0 Å². The Hall–Kier alpha value is -3.20. The Morgan fingerprint density at radius 3 is 2.84 bits per heavy atom. The van der Waals surface area contributed by atoms with E-state index in [1.165, 1.54) is 24.5 Å². The van der Waals surface area contributed by atoms with E-state index in [1.54, 1.807) is 12.1 Å². The highest BCUT2D eigenvalue weighted by Crippen LogP contribution is 2.47. The lowest BCUT2D eigenvalue weighted by molar-refractivity contribution is -0.113. The van der Waals surface area contributed by atoms with Crippen LogP contribution in [0.3, 0.4) is 0 Å². The van der Waals surface area contributed by atoms with Gasteiger partial charge in [0.05, 0.1) is 11.6 Å². The van der Waals surface area contributed by atoms with Crippen molar-refractivity contribution >= 4 is 11.5 Å². The number of halogens is 2. The number of nitrogens with zero attached hydrogens (tertiary/aromatic N) is 5. The average molecular weight is 424 g/mol. The molecule has 31 heavy (non-hydrogen) atoms. The molecule has 0 radical (unpaired) electrons. The summed E-state index contributed by atoms with van der Waals surface area (Å²) < 4.78 is 30.1. The maximum atomic E-state index is 14.7. The molecule has 1 N–H and O–H groups in total. The Morgan fingerprint density at radius 2 is 2.06 bits per heavy atom. The van der Waals surface area contributed by atoms with Gasteiger partial charge in [0.25, 0.3) is 0 Å². The molecule has 9 heteroatoms. The van der Waals surface area contributed by atoms with Crippen molar-refractivity contribution in [2.24, 2.45) is 4.99 Å². The van der Waals surface area contributed by atoms with Crippen molar-refractivity contribution in [1.82, 2.24) is 25.4 Å². The summed E-state index contributed by atoms with van der Waals surface area (Å²) in [5, 5.41) is 4.79. The molecule has 0 fully saturated rings. The summed E-state index contributed by atoms with van der Waals surface area (Å²) in [6, 6.07) is 6.43. The Labute approximate surface area is 178 Å². The molecule has 0 saturated carbocycles. The number of ketones is 1. The van der Waals surface area contributed by atoms with Gasteiger partial charge in [0.2, 0.25) is 0 Å². The van der Waals surface area contributed by atoms with Crippen LogP contribution in [-0.2, 0) is 11.3 Å². The Balaban J connectivity index is 1.72. The first-order chi connectivity index (χ1) is 15.1. The molecular formula is C22H22F2N6O. The van der Waals surface area contributed by atoms with Gasteiger partial charge in [-0.15, -0.1) is 5.23 Å². The van der Waals surface area contributed by atoms with Gasteiger partial charge in [0, 0.05) is 30.7 Å². The van der Waals surface area contributed by atoms with E-state index in [0.29, 0.717) is 36.0 Å². The second kappa shape index (κ2) is 7.81. The molecule has 2 aliphatic heterocycles. The minimum atomic E-state index is -0.334. The first-order valence-electron chi connectivity index (χ1n) is 10.4. The van der Waals surface area contributed by atoms with Gasteiger partial charge in [-0.3, -0.25) is 9.79 Å². The fraction of sp³-hybridized carbons (Fsp3) is 0.364. The Morgan fingerprint density at radius 1 is 1.26 bits per heavy atom. The number of carbonyl (C=O) groups is 1. The zero-order chi connectivity index (χ0) is 21.5. The molecule has 5 rings (SSSR count). The molecule has 160 valence electrons. The lowest BCUT2D eigenvalue weighted by Crippen LogP contribution is -2.43. The van der Waals surface area contributed by atoms with Gasteiger partial charge in [-0.2, -0.15) is 5.10 Å². The molecule has 2 atom stereocenters. The number of nitrogens with one attached hydrogen (secondary N) is 1. The number of aryl methyl sites for hydroxylation is 1. The molecule has 2 unspecified atom stereocenters. The number of rotatable bonds is 4. The summed E-state index contributed by atoms with van der Waals surface area (Å²) in [5.74, 6) is -0.277. The molecule has 1 aromatic heterocycles. The molecule has 0 saturated heterocycles. The van der Waals surface area contributed by atoms with Gasteiger partial charge < -0.3 is 0 Å². The average Bonchev–Trinajstić information content (AvgIpc) is 3.14. The van der Waals surface area contributed by atoms with Crippen molar-refractivity contribution in [2.75, 3.05) is 13.1 Å². The van der Waals surface area contributed by atoms with Crippen molar-refractivity contribution < 1.29 is 13.7 Å². The van der Waals surface area contributed by atoms with Crippen LogP contribution in [0.15, 0.2) is 58.5 Å². The van der Waals surface area contributed by atoms with E-state index in [4.69, 9.17) is 0 Å². The van der Waals surface area contributed by atoms with Crippen LogP contribution < -0.4 is 5.43 Å². The fourth-order valence-electron chi connectivity index (χ4n) is 4.72. The number of hydrogen-bond donors (Lipinski definition) is 1. The van der Waals surface area contributed by atoms with E-state index < -0.39 is 0 Å². The minimum Gasteiger partial charge on any atom is -0.293 e. The van der Waals surface area contributed by atoms with E-state index in [1.807, 2.05) is 4.68 Å². The quantitative estimate of drug-likeness (QED) is 0.764. The Bertz CT molecular complexity index is 1120. The summed E-state index contributed by atoms with van der Waals surface area (Å²) in [6.45, 7) is 2.99. The molecule has 1 aromatic carbocycles. The highest BCUT2D eigenvalue weighted by atomic mass is 19.2. The second-order valence-electron chi connectivity index (χ2n) is 7.97. The van der Waals surface area contributed by atoms with Gasteiger partial charge >= 0.3 is 0 Å². The molecule has 7 nitrogen and oxygen atoms in total. The third kappa shape index (κ3) is 3.38. The number of carbonyl (C=O) groups excluding carboxylic acids is 1. The molecule has 0 spiro atoms. The van der Waals surface area contributed by atoms with Gasteiger partial charge in [-0.1, -0.05) is 23.5 Å². The highest BCUT2D eigenvalue weighted by Gasteiger charge is 2.44. The first-order valence-corrected chi connectivity index (χ1v) is 10.4. The lowest BCUT2D eigenvalue weighted by atomic mass is 9.70. The lowest BCUT2D eigenvalue weighted by Gasteiger charge is -2.39. The molecule has 0 amide bonds. The van der Waals surface area contributed by atoms with E-state index in [9.17, 15) is 13.7 Å². The molecule has 2 aromatic rings. The summed E-state index contributed by atoms with van der Waals surface area (Å²) in [6.07, 6.45) is 4.30. The topological polar surface area (TPSA) is 75.4 Å². The molecule has 1 aliphatic carbocycles. The zero-order valence-corrected chi connectivity index (χ0v) is 17.1. The Kier molecular flexibility index (Phi) is 4.97. The van der Waals surface area contributed by atoms with Crippen molar-refractivity contribution in [3.63, 3.8) is 0 Å². The second-order valence-corrected chi connectivity index (χ2v) is 7.97. The highest BCUT2D eigenvalue weighted by molar-refractivity contribution is 6.13. The van der Waals surface area contributed by atoms with Crippen molar-refractivity contribution in [2.45, 2.75) is 38.1 Å². The van der Waals surface area contributed by atoms with E-state index >= 15 is 0 Å². The van der Waals surface area contributed by atoms with Crippen molar-refractivity contribution in [1.29, 1.82) is 0 Å². The summed E-state index contributed by atoms with van der Waals surface area (Å²) in [4.78, 5) is 21.5. The summed E-state index contributed by atoms with van der Waals surface area (Å²) >= 11 is 0. The van der Waals surface area contributed by atoms with Gasteiger partial charge in [-0.25, -0.2) is 19.5 Å². The molecule has 0 bridgehead atoms. The molecule has 3 aliphatic rings. The van der Waals surface area contributed by atoms with Crippen LogP contribution in [0.5, 0.6) is 0 Å². The van der Waals surface area contributed by atoms with Gasteiger partial charge in [-0.05, 0) is 36.1 Å². The third-order valence-electron chi connectivity index (χ3n) is 6.03. The van der Waals surface area contributed by atoms with E-state index in [2.05, 4.69) is 27.4 Å². The molecule has 3 heterocycles. The van der Waals surface area contributed by atoms with Crippen LogP contribution in [0.1, 0.15) is 43.0 Å². The van der Waals surface area contributed by atoms with Crippen LogP contribution in [0.2, 0.25) is 0 Å². The number of hydrogen-bond acceptors (Lipinski definition) is 6. The van der Waals surface area contributed by atoms with Crippen LogP contribution in [0.25, 0.3) is 0 Å². The number of aliphatic imine (C=N–C) groups is 1. The standard InChI is InChI=1S/C22H22F2N6O/c1-2-7-29-22(26-12-28-29)20-17(13-3-5-15(23)6-4-13)8-14-10-27-30(24)18-9-16(31)11-25-21(20)19(14)18/h3-6,9,12,17,20,27H,2,7-8,10-11H2,1H3. The van der Waals surface area contributed by atoms with Crippen LogP contribution >= 0.6 is 0 Å². The maximum absolute atomic E-state index is 14.7. The minimum absolute atomic E-state index is 0.0575. The number of allylic oxidation sites excluding steroid dienone is 1. The van der Waals surface area contributed by atoms with Crippen LogP contribution in [0, 0.1) is 5.82 Å². The largest absolute Gasteiger partial charge is 0.293 e. The number of hydrazine groups is 1. The van der Waals surface area contributed by atoms with Crippen molar-refractivity contribution in [3.05, 3.63) is 70.7 Å². The van der Waals surface area contributed by atoms with E-state index in [-0.39, 0.29) is 35.7 Å². The number of benzene rings is 1. The SMILES string of the molecule is CCCn1ncnc1C1C2=NCC(=O)C=C3C2=C(CNN3F)CC1c1ccc(F)cc1.